The molecule has 0 saturated heterocycles. The number of rotatable bonds is 15. The van der Waals surface area contributed by atoms with Crippen LogP contribution < -0.4 is 0 Å². The van der Waals surface area contributed by atoms with E-state index in [4.69, 9.17) is 9.47 Å². The van der Waals surface area contributed by atoms with Crippen molar-refractivity contribution in [3.05, 3.63) is 0 Å². The maximum Gasteiger partial charge on any atom is 0.456 e. The van der Waals surface area contributed by atoms with Crippen LogP contribution in [0.2, 0.25) is 0 Å². The van der Waals surface area contributed by atoms with Crippen LogP contribution in [0, 0.1) is 10.8 Å². The minimum atomic E-state index is -5.78. The van der Waals surface area contributed by atoms with Crippen molar-refractivity contribution in [1.82, 2.24) is 0 Å². The molecule has 2 aliphatic rings. The molecule has 8 nitrogen and oxygen atoms in total. The summed E-state index contributed by atoms with van der Waals surface area (Å²) < 4.78 is 155. The van der Waals surface area contributed by atoms with Crippen molar-refractivity contribution in [2.24, 2.45) is 10.8 Å². The molecule has 2 fully saturated rings. The summed E-state index contributed by atoms with van der Waals surface area (Å²) in [5.41, 5.74) is -3.44. The average Bonchev–Trinajstić information content (AvgIpc) is 3.69. The average molecular weight is 795 g/mol. The van der Waals surface area contributed by atoms with Crippen molar-refractivity contribution in [3.63, 3.8) is 0 Å². The van der Waals surface area contributed by atoms with Crippen molar-refractivity contribution >= 4 is 23.9 Å². The Bertz CT molecular complexity index is 1210. The van der Waals surface area contributed by atoms with E-state index in [9.17, 15) is 67.5 Å². The zero-order chi connectivity index (χ0) is 41.3. The fraction of sp³-hybridized carbons (Fsp3) is 0.882. The number of carbonyl (C=O) groups excluding carboxylic acids is 4. The zero-order valence-electron chi connectivity index (χ0n) is 30.6. The second kappa shape index (κ2) is 18.2. The molecule has 0 radical (unpaired) electrons. The van der Waals surface area contributed by atoms with Crippen LogP contribution >= 0.6 is 0 Å². The van der Waals surface area contributed by atoms with Crippen LogP contribution in [-0.4, -0.2) is 72.2 Å². The summed E-state index contributed by atoms with van der Waals surface area (Å²) in [5.74, 6) is -8.83. The SMILES string of the molecule is CCC(C)(C)C(=O)OC1(CCC(=O)OC(C(F)(F)F)C(F)(F)F)CCCC1.CCC(C)(C)C(=O)OC1(CCC(=O)OCC(F)(F)C(F)(F)F)CCCC1. The van der Waals surface area contributed by atoms with E-state index in [1.54, 1.807) is 34.6 Å². The van der Waals surface area contributed by atoms with Gasteiger partial charge in [-0.2, -0.15) is 48.3 Å². The Morgan fingerprint density at radius 1 is 0.585 bits per heavy atom. The number of hydrogen-bond acceptors (Lipinski definition) is 8. The van der Waals surface area contributed by atoms with Gasteiger partial charge in [-0.25, -0.2) is 0 Å². The number of hydrogen-bond donors (Lipinski definition) is 0. The Morgan fingerprint density at radius 3 is 1.23 bits per heavy atom. The van der Waals surface area contributed by atoms with E-state index in [2.05, 4.69) is 9.47 Å². The first kappa shape index (κ1) is 48.1. The Kier molecular flexibility index (Phi) is 16.5. The van der Waals surface area contributed by atoms with Gasteiger partial charge in [0.25, 0.3) is 6.10 Å². The first-order chi connectivity index (χ1) is 23.9. The predicted octanol–water partition coefficient (Wildman–Crippen LogP) is 9.89. The highest BCUT2D eigenvalue weighted by atomic mass is 19.4. The van der Waals surface area contributed by atoms with Gasteiger partial charge in [-0.15, -0.1) is 0 Å². The van der Waals surface area contributed by atoms with Crippen molar-refractivity contribution in [3.8, 4) is 0 Å². The van der Waals surface area contributed by atoms with Gasteiger partial charge in [0.15, 0.2) is 6.61 Å². The molecule has 310 valence electrons. The number of carbonyl (C=O) groups is 4. The molecule has 0 N–H and O–H groups in total. The minimum Gasteiger partial charge on any atom is -0.459 e. The van der Waals surface area contributed by atoms with Gasteiger partial charge in [0.1, 0.15) is 11.2 Å². The van der Waals surface area contributed by atoms with E-state index >= 15 is 0 Å². The molecule has 0 heterocycles. The summed E-state index contributed by atoms with van der Waals surface area (Å²) in [6, 6.07) is 0. The summed E-state index contributed by atoms with van der Waals surface area (Å²) in [5, 5.41) is 0. The highest BCUT2D eigenvalue weighted by Crippen LogP contribution is 2.42. The van der Waals surface area contributed by atoms with E-state index in [1.165, 1.54) is 0 Å². The normalized spacial score (nSPS) is 17.8. The molecule has 0 spiro atoms. The molecular formula is C34H49F11O8. The second-order valence-electron chi connectivity index (χ2n) is 14.9. The molecular weight excluding hydrogens is 745 g/mol. The van der Waals surface area contributed by atoms with Gasteiger partial charge in [-0.1, -0.05) is 13.8 Å². The van der Waals surface area contributed by atoms with Crippen LogP contribution in [0.3, 0.4) is 0 Å². The van der Waals surface area contributed by atoms with Crippen LogP contribution in [0.4, 0.5) is 48.3 Å². The summed E-state index contributed by atoms with van der Waals surface area (Å²) >= 11 is 0. The third-order valence-electron chi connectivity index (χ3n) is 9.76. The maximum absolute atomic E-state index is 12.8. The van der Waals surface area contributed by atoms with Gasteiger partial charge in [0.05, 0.1) is 10.8 Å². The predicted molar refractivity (Wildman–Crippen MR) is 165 cm³/mol. The molecule has 0 aromatic heterocycles. The molecule has 0 aliphatic heterocycles. The number of esters is 4. The summed E-state index contributed by atoms with van der Waals surface area (Å²) in [6.07, 6.45) is -16.9. The molecule has 19 heteroatoms. The van der Waals surface area contributed by atoms with Crippen molar-refractivity contribution in [1.29, 1.82) is 0 Å². The zero-order valence-corrected chi connectivity index (χ0v) is 30.6. The second-order valence-corrected chi connectivity index (χ2v) is 14.9. The van der Waals surface area contributed by atoms with E-state index in [1.807, 2.05) is 6.92 Å². The lowest BCUT2D eigenvalue weighted by Crippen LogP contribution is -2.46. The largest absolute Gasteiger partial charge is 0.459 e. The molecule has 0 atom stereocenters. The summed E-state index contributed by atoms with van der Waals surface area (Å²) in [4.78, 5) is 47.8. The standard InChI is InChI=1S/C17H24F6O4.C17H25F5O4/c1-4-14(2,3)13(25)27-15(8-5-6-9-15)10-7-11(24)26-12(16(18,19)20)17(21,22)23;1-4-14(2,3)13(24)26-15(8-5-6-9-15)10-7-12(23)25-11-16(18,19)17(20,21)22/h12H,4-10H2,1-3H3;4-11H2,1-3H3. The van der Waals surface area contributed by atoms with Crippen molar-refractivity contribution in [2.45, 2.75) is 173 Å². The van der Waals surface area contributed by atoms with Gasteiger partial charge in [-0.05, 0) is 105 Å². The minimum absolute atomic E-state index is 0.0367. The van der Waals surface area contributed by atoms with Gasteiger partial charge >= 0.3 is 48.3 Å². The third kappa shape index (κ3) is 14.7. The van der Waals surface area contributed by atoms with Crippen molar-refractivity contribution < 1.29 is 86.4 Å². The van der Waals surface area contributed by atoms with Gasteiger partial charge < -0.3 is 18.9 Å². The molecule has 2 saturated carbocycles. The Hall–Kier alpha value is -2.89. The van der Waals surface area contributed by atoms with Gasteiger partial charge in [0.2, 0.25) is 0 Å². The molecule has 2 rings (SSSR count). The smallest absolute Gasteiger partial charge is 0.456 e. The lowest BCUT2D eigenvalue weighted by Gasteiger charge is -2.33. The van der Waals surface area contributed by atoms with Gasteiger partial charge in [-0.3, -0.25) is 19.2 Å². The monoisotopic (exact) mass is 794 g/mol. The van der Waals surface area contributed by atoms with Crippen LogP contribution in [0.25, 0.3) is 0 Å². The number of alkyl halides is 11. The van der Waals surface area contributed by atoms with Gasteiger partial charge in [0, 0.05) is 12.8 Å². The third-order valence-corrected chi connectivity index (χ3v) is 9.76. The Morgan fingerprint density at radius 2 is 0.925 bits per heavy atom. The fourth-order valence-electron chi connectivity index (χ4n) is 5.30. The van der Waals surface area contributed by atoms with E-state index in [0.717, 1.165) is 12.8 Å². The lowest BCUT2D eigenvalue weighted by molar-refractivity contribution is -0.313. The quantitative estimate of drug-likeness (QED) is 0.0917. The highest BCUT2D eigenvalue weighted by Gasteiger charge is 2.60. The molecule has 0 aromatic carbocycles. The first-order valence-electron chi connectivity index (χ1n) is 17.3. The number of halogens is 11. The molecule has 0 unspecified atom stereocenters. The first-order valence-corrected chi connectivity index (χ1v) is 17.3. The van der Waals surface area contributed by atoms with Crippen LogP contribution in [0.15, 0.2) is 0 Å². The molecule has 0 bridgehead atoms. The lowest BCUT2D eigenvalue weighted by atomic mass is 9.89. The number of ether oxygens (including phenoxy) is 4. The molecule has 0 aromatic rings. The van der Waals surface area contributed by atoms with Crippen molar-refractivity contribution in [2.75, 3.05) is 6.61 Å². The van der Waals surface area contributed by atoms with E-state index in [-0.39, 0.29) is 12.8 Å². The topological polar surface area (TPSA) is 105 Å². The van der Waals surface area contributed by atoms with Crippen LogP contribution in [0.1, 0.15) is 131 Å². The molecule has 0 amide bonds. The Labute approximate surface area is 301 Å². The van der Waals surface area contributed by atoms with E-state index < -0.39 is 95.9 Å². The summed E-state index contributed by atoms with van der Waals surface area (Å²) in [7, 11) is 0. The van der Waals surface area contributed by atoms with Crippen LogP contribution in [-0.2, 0) is 38.1 Å². The maximum atomic E-state index is 12.8. The van der Waals surface area contributed by atoms with Crippen LogP contribution in [0.5, 0.6) is 0 Å². The highest BCUT2D eigenvalue weighted by molar-refractivity contribution is 5.77. The molecule has 2 aliphatic carbocycles. The van der Waals surface area contributed by atoms with E-state index in [0.29, 0.717) is 51.4 Å². The Balaban J connectivity index is 0.000000530. The molecule has 53 heavy (non-hydrogen) atoms. The fourth-order valence-corrected chi connectivity index (χ4v) is 5.30. The summed E-state index contributed by atoms with van der Waals surface area (Å²) in [6.45, 7) is 8.37.